The molecule has 0 saturated heterocycles. The van der Waals surface area contributed by atoms with Crippen molar-refractivity contribution < 1.29 is 24.6 Å². The zero-order valence-electron chi connectivity index (χ0n) is 12.7. The first kappa shape index (κ1) is 17.7. The third-order valence-electron chi connectivity index (χ3n) is 3.53. The average Bonchev–Trinajstić information content (AvgIpc) is 2.44. The van der Waals surface area contributed by atoms with Gasteiger partial charge in [-0.3, -0.25) is 9.59 Å². The van der Waals surface area contributed by atoms with Gasteiger partial charge in [0, 0.05) is 12.1 Å². The van der Waals surface area contributed by atoms with Crippen molar-refractivity contribution in [3.63, 3.8) is 0 Å². The van der Waals surface area contributed by atoms with Crippen molar-refractivity contribution in [3.05, 3.63) is 29.8 Å². The second kappa shape index (κ2) is 8.17. The van der Waals surface area contributed by atoms with Crippen molar-refractivity contribution in [3.8, 4) is 0 Å². The number of carbonyl (C=O) groups is 3. The molecule has 0 fully saturated rings. The van der Waals surface area contributed by atoms with E-state index in [2.05, 4.69) is 5.32 Å². The van der Waals surface area contributed by atoms with Crippen LogP contribution in [0.25, 0.3) is 0 Å². The van der Waals surface area contributed by atoms with E-state index >= 15 is 0 Å². The summed E-state index contributed by atoms with van der Waals surface area (Å²) in [6, 6.07) is 5.82. The summed E-state index contributed by atoms with van der Waals surface area (Å²) < 4.78 is 0. The number of hydrogen-bond acceptors (Lipinski definition) is 3. The predicted molar refractivity (Wildman–Crippen MR) is 81.8 cm³/mol. The molecular weight excluding hydrogens is 286 g/mol. The molecule has 0 aromatic heterocycles. The summed E-state index contributed by atoms with van der Waals surface area (Å²) >= 11 is 0. The number of hydrogen-bond donors (Lipinski definition) is 3. The molecule has 0 aliphatic heterocycles. The first-order valence-corrected chi connectivity index (χ1v) is 7.21. The maximum Gasteiger partial charge on any atom is 0.335 e. The molecule has 120 valence electrons. The van der Waals surface area contributed by atoms with Crippen LogP contribution in [0.4, 0.5) is 5.69 Å². The third-order valence-corrected chi connectivity index (χ3v) is 3.53. The molecule has 6 heteroatoms. The summed E-state index contributed by atoms with van der Waals surface area (Å²) in [5.74, 6) is -3.00. The largest absolute Gasteiger partial charge is 0.481 e. The van der Waals surface area contributed by atoms with Crippen molar-refractivity contribution in [2.45, 2.75) is 33.1 Å². The monoisotopic (exact) mass is 307 g/mol. The van der Waals surface area contributed by atoms with Crippen LogP contribution in [0.5, 0.6) is 0 Å². The Labute approximate surface area is 129 Å². The Bertz CT molecular complexity index is 538. The van der Waals surface area contributed by atoms with Crippen molar-refractivity contribution in [1.29, 1.82) is 0 Å². The Balaban J connectivity index is 2.61. The Hall–Kier alpha value is -2.37. The van der Waals surface area contributed by atoms with Crippen LogP contribution in [0.3, 0.4) is 0 Å². The minimum absolute atomic E-state index is 0.109. The highest BCUT2D eigenvalue weighted by molar-refractivity contribution is 5.92. The average molecular weight is 307 g/mol. The van der Waals surface area contributed by atoms with Gasteiger partial charge in [0.1, 0.15) is 0 Å². The molecule has 2 atom stereocenters. The lowest BCUT2D eigenvalue weighted by molar-refractivity contribution is -0.144. The number of carbonyl (C=O) groups excluding carboxylic acids is 1. The van der Waals surface area contributed by atoms with Crippen LogP contribution in [-0.2, 0) is 9.59 Å². The summed E-state index contributed by atoms with van der Waals surface area (Å²) in [4.78, 5) is 33.9. The predicted octanol–water partition coefficient (Wildman–Crippen LogP) is 2.85. The van der Waals surface area contributed by atoms with Gasteiger partial charge in [-0.25, -0.2) is 4.79 Å². The number of carboxylic acid groups (broad SMARTS) is 2. The third kappa shape index (κ3) is 5.20. The first-order valence-electron chi connectivity index (χ1n) is 7.21. The molecular formula is C16H21NO5. The van der Waals surface area contributed by atoms with Gasteiger partial charge < -0.3 is 15.5 Å². The molecule has 1 aromatic rings. The molecule has 0 aliphatic carbocycles. The summed E-state index contributed by atoms with van der Waals surface area (Å²) in [5, 5.41) is 20.6. The van der Waals surface area contributed by atoms with Gasteiger partial charge in [-0.2, -0.15) is 0 Å². The van der Waals surface area contributed by atoms with Crippen LogP contribution in [0.2, 0.25) is 0 Å². The fraction of sp³-hybridized carbons (Fsp3) is 0.438. The van der Waals surface area contributed by atoms with Crippen molar-refractivity contribution >= 4 is 23.5 Å². The van der Waals surface area contributed by atoms with E-state index in [4.69, 9.17) is 5.11 Å². The number of amides is 1. The minimum atomic E-state index is -1.03. The molecule has 1 aromatic carbocycles. The van der Waals surface area contributed by atoms with Gasteiger partial charge >= 0.3 is 11.9 Å². The Morgan fingerprint density at radius 1 is 1.14 bits per heavy atom. The topological polar surface area (TPSA) is 104 Å². The van der Waals surface area contributed by atoms with E-state index in [0.29, 0.717) is 12.1 Å². The molecule has 0 bridgehead atoms. The number of benzene rings is 1. The van der Waals surface area contributed by atoms with Crippen LogP contribution < -0.4 is 5.32 Å². The molecule has 1 amide bonds. The van der Waals surface area contributed by atoms with Crippen LogP contribution in [-0.4, -0.2) is 28.1 Å². The molecule has 1 rings (SSSR count). The minimum Gasteiger partial charge on any atom is -0.481 e. The van der Waals surface area contributed by atoms with E-state index in [1.54, 1.807) is 6.92 Å². The van der Waals surface area contributed by atoms with E-state index in [1.807, 2.05) is 6.92 Å². The summed E-state index contributed by atoms with van der Waals surface area (Å²) in [6.45, 7) is 3.66. The Morgan fingerprint density at radius 2 is 1.73 bits per heavy atom. The quantitative estimate of drug-likeness (QED) is 0.685. The standard InChI is InChI=1S/C16H21NO5/c1-3-4-13(16(21)22)10(2)9-14(18)17-12-7-5-11(6-8-12)15(19)20/h5-8,10,13H,3-4,9H2,1-2H3,(H,17,18)(H,19,20)(H,21,22). The second-order valence-corrected chi connectivity index (χ2v) is 5.35. The fourth-order valence-corrected chi connectivity index (χ4v) is 2.31. The number of aliphatic carboxylic acids is 1. The second-order valence-electron chi connectivity index (χ2n) is 5.35. The fourth-order valence-electron chi connectivity index (χ4n) is 2.31. The van der Waals surface area contributed by atoms with Crippen molar-refractivity contribution in [2.75, 3.05) is 5.32 Å². The number of rotatable bonds is 8. The Morgan fingerprint density at radius 3 is 2.18 bits per heavy atom. The van der Waals surface area contributed by atoms with Gasteiger partial charge in [0.05, 0.1) is 11.5 Å². The number of carboxylic acids is 2. The van der Waals surface area contributed by atoms with Crippen LogP contribution in [0, 0.1) is 11.8 Å². The SMILES string of the molecule is CCCC(C(=O)O)C(C)CC(=O)Nc1ccc(C(=O)O)cc1. The number of aromatic carboxylic acids is 1. The van der Waals surface area contributed by atoms with Crippen LogP contribution in [0.1, 0.15) is 43.5 Å². The van der Waals surface area contributed by atoms with Gasteiger partial charge in [0.2, 0.25) is 5.91 Å². The van der Waals surface area contributed by atoms with Crippen LogP contribution in [0.15, 0.2) is 24.3 Å². The van der Waals surface area contributed by atoms with Gasteiger partial charge in [0.15, 0.2) is 0 Å². The summed E-state index contributed by atoms with van der Waals surface area (Å²) in [7, 11) is 0. The molecule has 0 heterocycles. The maximum atomic E-state index is 12.0. The molecule has 0 spiro atoms. The molecule has 0 saturated carbocycles. The van der Waals surface area contributed by atoms with Gasteiger partial charge in [0.25, 0.3) is 0 Å². The van der Waals surface area contributed by atoms with Gasteiger partial charge in [-0.05, 0) is 36.6 Å². The summed E-state index contributed by atoms with van der Waals surface area (Å²) in [5.41, 5.74) is 0.629. The van der Waals surface area contributed by atoms with E-state index in [0.717, 1.165) is 6.42 Å². The highest BCUT2D eigenvalue weighted by Crippen LogP contribution is 2.22. The Kier molecular flexibility index (Phi) is 6.56. The van der Waals surface area contributed by atoms with Crippen molar-refractivity contribution in [2.24, 2.45) is 11.8 Å². The molecule has 0 radical (unpaired) electrons. The van der Waals surface area contributed by atoms with E-state index in [1.165, 1.54) is 24.3 Å². The normalized spacial score (nSPS) is 13.2. The summed E-state index contributed by atoms with van der Waals surface area (Å²) in [6.07, 6.45) is 1.40. The number of nitrogens with one attached hydrogen (secondary N) is 1. The molecule has 0 aliphatic rings. The van der Waals surface area contributed by atoms with E-state index in [-0.39, 0.29) is 23.8 Å². The lowest BCUT2D eigenvalue weighted by atomic mass is 9.87. The zero-order chi connectivity index (χ0) is 16.7. The first-order chi connectivity index (χ1) is 10.3. The lowest BCUT2D eigenvalue weighted by Gasteiger charge is -2.19. The number of anilines is 1. The smallest absolute Gasteiger partial charge is 0.335 e. The zero-order valence-corrected chi connectivity index (χ0v) is 12.7. The molecule has 3 N–H and O–H groups in total. The van der Waals surface area contributed by atoms with Gasteiger partial charge in [-0.15, -0.1) is 0 Å². The van der Waals surface area contributed by atoms with E-state index in [9.17, 15) is 19.5 Å². The van der Waals surface area contributed by atoms with E-state index < -0.39 is 17.9 Å². The highest BCUT2D eigenvalue weighted by Gasteiger charge is 2.25. The molecule has 6 nitrogen and oxygen atoms in total. The van der Waals surface area contributed by atoms with Crippen LogP contribution >= 0.6 is 0 Å². The van der Waals surface area contributed by atoms with Crippen molar-refractivity contribution in [1.82, 2.24) is 0 Å². The van der Waals surface area contributed by atoms with Gasteiger partial charge in [-0.1, -0.05) is 20.3 Å². The molecule has 22 heavy (non-hydrogen) atoms. The lowest BCUT2D eigenvalue weighted by Crippen LogP contribution is -2.25. The highest BCUT2D eigenvalue weighted by atomic mass is 16.4. The maximum absolute atomic E-state index is 12.0. The molecule has 2 unspecified atom stereocenters.